The third-order valence-corrected chi connectivity index (χ3v) is 5.84. The van der Waals surface area contributed by atoms with E-state index in [-0.39, 0.29) is 17.9 Å². The molecule has 1 aliphatic heterocycles. The quantitative estimate of drug-likeness (QED) is 0.549. The predicted octanol–water partition coefficient (Wildman–Crippen LogP) is 5.39. The van der Waals surface area contributed by atoms with E-state index in [0.717, 1.165) is 16.7 Å². The molecule has 1 heterocycles. The number of amides is 2. The normalized spacial score (nSPS) is 15.4. The summed E-state index contributed by atoms with van der Waals surface area (Å²) >= 11 is 6.12. The maximum Gasteiger partial charge on any atom is 0.264 e. The monoisotopic (exact) mass is 448 g/mol. The van der Waals surface area contributed by atoms with E-state index in [0.29, 0.717) is 29.4 Å². The number of nitrogens with zero attached hydrogens (tertiary/aromatic N) is 1. The molecule has 0 radical (unpaired) electrons. The Bertz CT molecular complexity index is 1130. The molecule has 0 bridgehead atoms. The molecule has 0 aliphatic carbocycles. The number of hydrogen-bond donors (Lipinski definition) is 1. The van der Waals surface area contributed by atoms with Crippen LogP contribution in [0, 0.1) is 0 Å². The highest BCUT2D eigenvalue weighted by molar-refractivity contribution is 6.30. The molecule has 3 aromatic rings. The molecule has 0 saturated heterocycles. The van der Waals surface area contributed by atoms with E-state index in [9.17, 15) is 9.59 Å². The minimum absolute atomic E-state index is 0.0846. The van der Waals surface area contributed by atoms with Gasteiger partial charge in [0.1, 0.15) is 5.75 Å². The van der Waals surface area contributed by atoms with Crippen molar-refractivity contribution in [1.29, 1.82) is 0 Å². The van der Waals surface area contributed by atoms with Crippen molar-refractivity contribution in [2.45, 2.75) is 39.0 Å². The minimum Gasteiger partial charge on any atom is -0.480 e. The summed E-state index contributed by atoms with van der Waals surface area (Å²) < 4.78 is 6.00. The summed E-state index contributed by atoms with van der Waals surface area (Å²) in [7, 11) is 0. The minimum atomic E-state index is -0.604. The van der Waals surface area contributed by atoms with E-state index in [1.54, 1.807) is 6.07 Å². The fraction of sp³-hybridized carbons (Fsp3) is 0.231. The highest BCUT2D eigenvalue weighted by atomic mass is 35.5. The summed E-state index contributed by atoms with van der Waals surface area (Å²) in [5.74, 6) is 0.481. The highest BCUT2D eigenvalue weighted by Gasteiger charge is 2.35. The summed E-state index contributed by atoms with van der Waals surface area (Å²) in [5.41, 5.74) is 3.60. The molecule has 0 saturated carbocycles. The van der Waals surface area contributed by atoms with Gasteiger partial charge in [0, 0.05) is 30.6 Å². The zero-order valence-corrected chi connectivity index (χ0v) is 18.8. The lowest BCUT2D eigenvalue weighted by Gasteiger charge is -2.32. The van der Waals surface area contributed by atoms with Gasteiger partial charge in [-0.2, -0.15) is 0 Å². The Morgan fingerprint density at radius 3 is 2.62 bits per heavy atom. The van der Waals surface area contributed by atoms with Crippen molar-refractivity contribution in [1.82, 2.24) is 4.90 Å². The van der Waals surface area contributed by atoms with Crippen LogP contribution >= 0.6 is 11.6 Å². The molecule has 1 aliphatic rings. The smallest absolute Gasteiger partial charge is 0.264 e. The molecule has 32 heavy (non-hydrogen) atoms. The second kappa shape index (κ2) is 9.45. The summed E-state index contributed by atoms with van der Waals surface area (Å²) in [6, 6.07) is 22.7. The number of hydrogen-bond acceptors (Lipinski definition) is 3. The second-order valence-electron chi connectivity index (χ2n) is 8.00. The SMILES string of the molecule is CC(=O)Nc1cccc(C(C)N(Cc2ccccc2)C(=O)C2Cc3cc(Cl)ccc3O2)c1. The van der Waals surface area contributed by atoms with E-state index in [1.165, 1.54) is 6.92 Å². The number of rotatable bonds is 6. The first-order valence-corrected chi connectivity index (χ1v) is 11.0. The molecular weight excluding hydrogens is 424 g/mol. The first-order chi connectivity index (χ1) is 15.4. The van der Waals surface area contributed by atoms with Crippen LogP contribution in [-0.2, 0) is 22.6 Å². The van der Waals surface area contributed by atoms with Gasteiger partial charge < -0.3 is 15.0 Å². The number of benzene rings is 3. The molecule has 2 amide bonds. The lowest BCUT2D eigenvalue weighted by atomic mass is 10.0. The van der Waals surface area contributed by atoms with Crippen molar-refractivity contribution < 1.29 is 14.3 Å². The fourth-order valence-corrected chi connectivity index (χ4v) is 4.18. The first kappa shape index (κ1) is 21.9. The Kier molecular flexibility index (Phi) is 6.47. The molecule has 1 N–H and O–H groups in total. The molecule has 2 atom stereocenters. The van der Waals surface area contributed by atoms with Crippen LogP contribution in [-0.4, -0.2) is 22.8 Å². The van der Waals surface area contributed by atoms with Crippen molar-refractivity contribution in [2.75, 3.05) is 5.32 Å². The van der Waals surface area contributed by atoms with Crippen LogP contribution in [0.5, 0.6) is 5.75 Å². The van der Waals surface area contributed by atoms with E-state index >= 15 is 0 Å². The third kappa shape index (κ3) is 4.94. The standard InChI is InChI=1S/C26H25ClN2O3/c1-17(20-9-6-10-23(14-20)28-18(2)30)29(16-19-7-4-3-5-8-19)26(31)25-15-21-13-22(27)11-12-24(21)32-25/h3-14,17,25H,15-16H2,1-2H3,(H,28,30). The number of ether oxygens (including phenoxy) is 1. The van der Waals surface area contributed by atoms with Gasteiger partial charge in [0.25, 0.3) is 5.91 Å². The van der Waals surface area contributed by atoms with Gasteiger partial charge in [-0.3, -0.25) is 9.59 Å². The van der Waals surface area contributed by atoms with Crippen molar-refractivity contribution in [3.63, 3.8) is 0 Å². The van der Waals surface area contributed by atoms with Crippen LogP contribution < -0.4 is 10.1 Å². The lowest BCUT2D eigenvalue weighted by molar-refractivity contribution is -0.141. The predicted molar refractivity (Wildman–Crippen MR) is 126 cm³/mol. The molecule has 5 nitrogen and oxygen atoms in total. The van der Waals surface area contributed by atoms with Gasteiger partial charge in [0.05, 0.1) is 6.04 Å². The van der Waals surface area contributed by atoms with Crippen LogP contribution in [0.4, 0.5) is 5.69 Å². The van der Waals surface area contributed by atoms with Gasteiger partial charge in [-0.1, -0.05) is 54.1 Å². The molecule has 6 heteroatoms. The summed E-state index contributed by atoms with van der Waals surface area (Å²) in [4.78, 5) is 27.0. The molecule has 0 fully saturated rings. The zero-order valence-electron chi connectivity index (χ0n) is 18.0. The number of halogens is 1. The van der Waals surface area contributed by atoms with Crippen molar-refractivity contribution in [3.8, 4) is 5.75 Å². The molecular formula is C26H25ClN2O3. The van der Waals surface area contributed by atoms with E-state index < -0.39 is 6.10 Å². The summed E-state index contributed by atoms with van der Waals surface area (Å²) in [5, 5.41) is 3.44. The number of carbonyl (C=O) groups is 2. The van der Waals surface area contributed by atoms with Crippen molar-refractivity contribution in [2.24, 2.45) is 0 Å². The summed E-state index contributed by atoms with van der Waals surface area (Å²) in [6.45, 7) is 3.91. The van der Waals surface area contributed by atoms with Gasteiger partial charge in [-0.25, -0.2) is 0 Å². The van der Waals surface area contributed by atoms with Gasteiger partial charge in [0.2, 0.25) is 5.91 Å². The maximum atomic E-state index is 13.7. The Morgan fingerprint density at radius 2 is 1.88 bits per heavy atom. The third-order valence-electron chi connectivity index (χ3n) is 5.61. The van der Waals surface area contributed by atoms with Crippen molar-refractivity contribution >= 4 is 29.1 Å². The van der Waals surface area contributed by atoms with E-state index in [1.807, 2.05) is 78.6 Å². The topological polar surface area (TPSA) is 58.6 Å². The van der Waals surface area contributed by atoms with Gasteiger partial charge in [-0.05, 0) is 53.9 Å². The molecule has 0 spiro atoms. The average Bonchev–Trinajstić information content (AvgIpc) is 3.20. The van der Waals surface area contributed by atoms with Gasteiger partial charge in [0.15, 0.2) is 6.10 Å². The van der Waals surface area contributed by atoms with Crippen LogP contribution in [0.2, 0.25) is 5.02 Å². The first-order valence-electron chi connectivity index (χ1n) is 10.6. The van der Waals surface area contributed by atoms with E-state index in [4.69, 9.17) is 16.3 Å². The average molecular weight is 449 g/mol. The maximum absolute atomic E-state index is 13.7. The number of nitrogens with one attached hydrogen (secondary N) is 1. The largest absolute Gasteiger partial charge is 0.480 e. The molecule has 3 aromatic carbocycles. The van der Waals surface area contributed by atoms with Crippen molar-refractivity contribution in [3.05, 3.63) is 94.5 Å². The Balaban J connectivity index is 1.62. The zero-order chi connectivity index (χ0) is 22.7. The Hall–Kier alpha value is -3.31. The molecule has 0 aromatic heterocycles. The highest BCUT2D eigenvalue weighted by Crippen LogP contribution is 2.34. The molecule has 164 valence electrons. The van der Waals surface area contributed by atoms with Gasteiger partial charge >= 0.3 is 0 Å². The van der Waals surface area contributed by atoms with Crippen LogP contribution in [0.3, 0.4) is 0 Å². The van der Waals surface area contributed by atoms with E-state index in [2.05, 4.69) is 5.32 Å². The number of carbonyl (C=O) groups excluding carboxylic acids is 2. The van der Waals surface area contributed by atoms with Gasteiger partial charge in [-0.15, -0.1) is 0 Å². The Morgan fingerprint density at radius 1 is 1.09 bits per heavy atom. The molecule has 2 unspecified atom stereocenters. The number of anilines is 1. The van der Waals surface area contributed by atoms with Crippen LogP contribution in [0.15, 0.2) is 72.8 Å². The second-order valence-corrected chi connectivity index (χ2v) is 8.43. The Labute approximate surface area is 193 Å². The number of fused-ring (bicyclic) bond motifs is 1. The fourth-order valence-electron chi connectivity index (χ4n) is 3.99. The van der Waals surface area contributed by atoms with Crippen LogP contribution in [0.1, 0.15) is 36.6 Å². The summed E-state index contributed by atoms with van der Waals surface area (Å²) in [6.07, 6.45) is -0.119. The lowest BCUT2D eigenvalue weighted by Crippen LogP contribution is -2.42. The van der Waals surface area contributed by atoms with Crippen LogP contribution in [0.25, 0.3) is 0 Å². The molecule has 4 rings (SSSR count).